The number of amides is 2. The van der Waals surface area contributed by atoms with E-state index >= 15 is 0 Å². The Morgan fingerprint density at radius 3 is 2.33 bits per heavy atom. The summed E-state index contributed by atoms with van der Waals surface area (Å²) in [5.41, 5.74) is 5.17. The number of aryl methyl sites for hydroxylation is 1. The lowest BCUT2D eigenvalue weighted by Gasteiger charge is -2.34. The molecule has 9 heteroatoms. The van der Waals surface area contributed by atoms with Gasteiger partial charge in [0.05, 0.1) is 6.42 Å². The summed E-state index contributed by atoms with van der Waals surface area (Å²) >= 11 is 1.41. The molecule has 1 aliphatic heterocycles. The molecule has 0 atom stereocenters. The lowest BCUT2D eigenvalue weighted by molar-refractivity contribution is -0.115. The fourth-order valence-corrected chi connectivity index (χ4v) is 5.64. The molecule has 1 aliphatic rings. The lowest BCUT2D eigenvalue weighted by atomic mass is 10.1. The third-order valence-electron chi connectivity index (χ3n) is 6.97. The Bertz CT molecular complexity index is 1430. The molecular weight excluding hydrogens is 520 g/mol. The molecule has 0 spiro atoms. The van der Waals surface area contributed by atoms with E-state index in [1.165, 1.54) is 22.5 Å². The molecule has 1 fully saturated rings. The number of hydrogen-bond acceptors (Lipinski definition) is 7. The van der Waals surface area contributed by atoms with Crippen molar-refractivity contribution in [1.82, 2.24) is 20.0 Å². The topological polar surface area (TPSA) is 81.7 Å². The minimum Gasteiger partial charge on any atom is -0.344 e. The average Bonchev–Trinajstić information content (AvgIpc) is 3.42. The summed E-state index contributed by atoms with van der Waals surface area (Å²) < 4.78 is 0. The monoisotopic (exact) mass is 554 g/mol. The van der Waals surface area contributed by atoms with Gasteiger partial charge in [-0.05, 0) is 35.7 Å². The van der Waals surface area contributed by atoms with Gasteiger partial charge in [0.15, 0.2) is 0 Å². The molecular formula is C31H34N6O2S. The molecule has 0 saturated carbocycles. The molecule has 4 aromatic rings. The molecule has 5 rings (SSSR count). The first-order chi connectivity index (χ1) is 19.4. The fourth-order valence-electron chi connectivity index (χ4n) is 4.82. The van der Waals surface area contributed by atoms with Gasteiger partial charge in [-0.2, -0.15) is 0 Å². The molecule has 8 nitrogen and oxygen atoms in total. The average molecular weight is 555 g/mol. The van der Waals surface area contributed by atoms with E-state index in [2.05, 4.69) is 62.6 Å². The summed E-state index contributed by atoms with van der Waals surface area (Å²) in [6.07, 6.45) is 0.313. The standard InChI is InChI=1S/C31H34N6O2S/c1-23-7-6-10-26(19-23)21-35(2)29(39)27-13-11-25(12-14-27)22-36-15-17-37(18-16-36)31-34-33-30(40-31)32-28(38)20-24-8-4-3-5-9-24/h3-14,19H,15-18,20-22H2,1-2H3,(H,32,33,38). The summed E-state index contributed by atoms with van der Waals surface area (Å²) in [6.45, 7) is 6.96. The zero-order valence-corrected chi connectivity index (χ0v) is 23.7. The van der Waals surface area contributed by atoms with Crippen LogP contribution in [0.4, 0.5) is 10.3 Å². The molecule has 0 unspecified atom stereocenters. The van der Waals surface area contributed by atoms with Crippen LogP contribution >= 0.6 is 11.3 Å². The predicted octanol–water partition coefficient (Wildman–Crippen LogP) is 4.62. The number of benzene rings is 3. The van der Waals surface area contributed by atoms with Gasteiger partial charge in [0.25, 0.3) is 5.91 Å². The number of aromatic nitrogens is 2. The maximum absolute atomic E-state index is 12.9. The number of anilines is 2. The van der Waals surface area contributed by atoms with Crippen molar-refractivity contribution in [2.75, 3.05) is 43.4 Å². The molecule has 2 amide bonds. The number of rotatable bonds is 9. The molecule has 1 saturated heterocycles. The smallest absolute Gasteiger partial charge is 0.253 e. The summed E-state index contributed by atoms with van der Waals surface area (Å²) in [4.78, 5) is 31.7. The van der Waals surface area contributed by atoms with E-state index in [-0.39, 0.29) is 11.8 Å². The second-order valence-electron chi connectivity index (χ2n) is 10.2. The van der Waals surface area contributed by atoms with Gasteiger partial charge in [-0.1, -0.05) is 83.6 Å². The van der Waals surface area contributed by atoms with Crippen LogP contribution in [0.5, 0.6) is 0 Å². The van der Waals surface area contributed by atoms with Crippen molar-refractivity contribution < 1.29 is 9.59 Å². The van der Waals surface area contributed by atoms with Gasteiger partial charge in [-0.25, -0.2) is 0 Å². The zero-order valence-electron chi connectivity index (χ0n) is 22.9. The number of nitrogens with zero attached hydrogens (tertiary/aromatic N) is 5. The van der Waals surface area contributed by atoms with Crippen LogP contribution in [0.15, 0.2) is 78.9 Å². The minimum atomic E-state index is -0.0932. The summed E-state index contributed by atoms with van der Waals surface area (Å²) in [7, 11) is 1.84. The largest absolute Gasteiger partial charge is 0.344 e. The Hall–Kier alpha value is -4.08. The predicted molar refractivity (Wildman–Crippen MR) is 160 cm³/mol. The molecule has 0 radical (unpaired) electrons. The SMILES string of the molecule is Cc1cccc(CN(C)C(=O)c2ccc(CN3CCN(c4nnc(NC(=O)Cc5ccccc5)s4)CC3)cc2)c1. The van der Waals surface area contributed by atoms with E-state index < -0.39 is 0 Å². The van der Waals surface area contributed by atoms with Crippen LogP contribution in [0.3, 0.4) is 0 Å². The summed E-state index contributed by atoms with van der Waals surface area (Å²) in [5.74, 6) is -0.0706. The molecule has 1 N–H and O–H groups in total. The van der Waals surface area contributed by atoms with E-state index in [1.807, 2.05) is 55.6 Å². The van der Waals surface area contributed by atoms with E-state index in [1.54, 1.807) is 4.90 Å². The van der Waals surface area contributed by atoms with Gasteiger partial charge >= 0.3 is 0 Å². The molecule has 0 bridgehead atoms. The van der Waals surface area contributed by atoms with Crippen molar-refractivity contribution in [1.29, 1.82) is 0 Å². The molecule has 0 aliphatic carbocycles. The van der Waals surface area contributed by atoms with Crippen LogP contribution in [0.1, 0.15) is 32.6 Å². The van der Waals surface area contributed by atoms with Crippen molar-refractivity contribution in [3.63, 3.8) is 0 Å². The van der Waals surface area contributed by atoms with Crippen molar-refractivity contribution in [2.45, 2.75) is 26.4 Å². The first kappa shape index (κ1) is 27.5. The third-order valence-corrected chi connectivity index (χ3v) is 7.87. The van der Waals surface area contributed by atoms with Crippen LogP contribution in [0.25, 0.3) is 0 Å². The molecule has 1 aromatic heterocycles. The maximum Gasteiger partial charge on any atom is 0.253 e. The van der Waals surface area contributed by atoms with Crippen LogP contribution < -0.4 is 10.2 Å². The highest BCUT2D eigenvalue weighted by Crippen LogP contribution is 2.25. The highest BCUT2D eigenvalue weighted by atomic mass is 32.1. The minimum absolute atomic E-state index is 0.0225. The molecule has 206 valence electrons. The van der Waals surface area contributed by atoms with Gasteiger partial charge < -0.3 is 15.1 Å². The fraction of sp³-hybridized carbons (Fsp3) is 0.290. The second kappa shape index (κ2) is 12.8. The van der Waals surface area contributed by atoms with Crippen molar-refractivity contribution >= 4 is 33.4 Å². The Labute approximate surface area is 239 Å². The van der Waals surface area contributed by atoms with E-state index in [9.17, 15) is 9.59 Å². The molecule has 2 heterocycles. The van der Waals surface area contributed by atoms with Gasteiger partial charge in [-0.15, -0.1) is 10.2 Å². The van der Waals surface area contributed by atoms with E-state index in [0.717, 1.165) is 49.0 Å². The highest BCUT2D eigenvalue weighted by molar-refractivity contribution is 7.19. The number of nitrogens with one attached hydrogen (secondary N) is 1. The lowest BCUT2D eigenvalue weighted by Crippen LogP contribution is -2.45. The van der Waals surface area contributed by atoms with Gasteiger partial charge in [0, 0.05) is 51.9 Å². The first-order valence-corrected chi connectivity index (χ1v) is 14.3. The number of piperazine rings is 1. The number of carbonyl (C=O) groups is 2. The van der Waals surface area contributed by atoms with Gasteiger partial charge in [0.1, 0.15) is 0 Å². The van der Waals surface area contributed by atoms with Crippen LogP contribution in [0.2, 0.25) is 0 Å². The second-order valence-corrected chi connectivity index (χ2v) is 11.2. The Morgan fingerprint density at radius 2 is 1.60 bits per heavy atom. The summed E-state index contributed by atoms with van der Waals surface area (Å²) in [6, 6.07) is 25.9. The van der Waals surface area contributed by atoms with Crippen LogP contribution in [-0.4, -0.2) is 65.0 Å². The van der Waals surface area contributed by atoms with Gasteiger partial charge in [0.2, 0.25) is 16.2 Å². The van der Waals surface area contributed by atoms with Crippen LogP contribution in [0, 0.1) is 6.92 Å². The number of carbonyl (C=O) groups excluding carboxylic acids is 2. The van der Waals surface area contributed by atoms with Gasteiger partial charge in [-0.3, -0.25) is 14.5 Å². The Morgan fingerprint density at radius 1 is 0.875 bits per heavy atom. The summed E-state index contributed by atoms with van der Waals surface area (Å²) in [5, 5.41) is 12.7. The molecule has 40 heavy (non-hydrogen) atoms. The highest BCUT2D eigenvalue weighted by Gasteiger charge is 2.21. The van der Waals surface area contributed by atoms with E-state index in [4.69, 9.17) is 0 Å². The molecule has 3 aromatic carbocycles. The Balaban J connectivity index is 1.07. The van der Waals surface area contributed by atoms with Crippen molar-refractivity contribution in [3.8, 4) is 0 Å². The van der Waals surface area contributed by atoms with Crippen LogP contribution in [-0.2, 0) is 24.3 Å². The first-order valence-electron chi connectivity index (χ1n) is 13.5. The van der Waals surface area contributed by atoms with Crippen molar-refractivity contribution in [2.24, 2.45) is 0 Å². The third kappa shape index (κ3) is 7.31. The normalized spacial score (nSPS) is 13.7. The maximum atomic E-state index is 12.9. The van der Waals surface area contributed by atoms with E-state index in [0.29, 0.717) is 23.7 Å². The number of hydrogen-bond donors (Lipinski definition) is 1. The zero-order chi connectivity index (χ0) is 27.9. The van der Waals surface area contributed by atoms with Crippen molar-refractivity contribution in [3.05, 3.63) is 107 Å². The Kier molecular flexibility index (Phi) is 8.83. The quantitative estimate of drug-likeness (QED) is 0.325.